The number of ether oxygens (including phenoxy) is 2. The highest BCUT2D eigenvalue weighted by Gasteiger charge is 2.11. The molecular formula is C24H20ClN3O4S. The molecule has 1 aromatic heterocycles. The van der Waals surface area contributed by atoms with E-state index in [1.165, 1.54) is 0 Å². The Hall–Kier alpha value is -3.62. The first-order chi connectivity index (χ1) is 16.0. The van der Waals surface area contributed by atoms with E-state index in [4.69, 9.17) is 37.7 Å². The molecule has 0 saturated carbocycles. The second-order valence-electron chi connectivity index (χ2n) is 6.90. The summed E-state index contributed by atoms with van der Waals surface area (Å²) >= 11 is 11.1. The van der Waals surface area contributed by atoms with Crippen LogP contribution in [0.2, 0.25) is 5.02 Å². The monoisotopic (exact) mass is 481 g/mol. The number of fused-ring (bicyclic) bond motifs is 1. The fourth-order valence-electron chi connectivity index (χ4n) is 2.99. The van der Waals surface area contributed by atoms with Gasteiger partial charge in [-0.15, -0.1) is 0 Å². The molecule has 4 aromatic rings. The summed E-state index contributed by atoms with van der Waals surface area (Å²) in [7, 11) is 0. The Morgan fingerprint density at radius 2 is 1.73 bits per heavy atom. The Morgan fingerprint density at radius 1 is 1.03 bits per heavy atom. The van der Waals surface area contributed by atoms with Crippen molar-refractivity contribution in [3.05, 3.63) is 71.8 Å². The third kappa shape index (κ3) is 6.00. The summed E-state index contributed by atoms with van der Waals surface area (Å²) in [6.45, 7) is 2.36. The first kappa shape index (κ1) is 22.6. The van der Waals surface area contributed by atoms with Gasteiger partial charge in [0.15, 0.2) is 17.3 Å². The number of hydrogen-bond acceptors (Lipinski definition) is 6. The summed E-state index contributed by atoms with van der Waals surface area (Å²) in [6, 6.07) is 19.6. The Labute approximate surface area is 200 Å². The average Bonchev–Trinajstić information content (AvgIpc) is 3.23. The lowest BCUT2D eigenvalue weighted by molar-refractivity contribution is -0.121. The number of halogens is 1. The zero-order valence-corrected chi connectivity index (χ0v) is 19.2. The van der Waals surface area contributed by atoms with E-state index in [0.29, 0.717) is 40.1 Å². The van der Waals surface area contributed by atoms with Crippen LogP contribution in [0.25, 0.3) is 22.6 Å². The van der Waals surface area contributed by atoms with Crippen molar-refractivity contribution < 1.29 is 18.7 Å². The minimum Gasteiger partial charge on any atom is -0.494 e. The maximum atomic E-state index is 12.1. The van der Waals surface area contributed by atoms with E-state index < -0.39 is 0 Å². The first-order valence-corrected chi connectivity index (χ1v) is 10.9. The molecule has 1 amide bonds. The van der Waals surface area contributed by atoms with Gasteiger partial charge in [0.05, 0.1) is 6.61 Å². The van der Waals surface area contributed by atoms with Crippen LogP contribution in [0.1, 0.15) is 6.92 Å². The fourth-order valence-corrected chi connectivity index (χ4v) is 3.35. The van der Waals surface area contributed by atoms with Crippen molar-refractivity contribution in [2.45, 2.75) is 6.92 Å². The molecule has 0 radical (unpaired) electrons. The second kappa shape index (κ2) is 10.3. The molecule has 2 N–H and O–H groups in total. The van der Waals surface area contributed by atoms with Gasteiger partial charge in [0, 0.05) is 16.3 Å². The van der Waals surface area contributed by atoms with Crippen LogP contribution in [0.5, 0.6) is 11.5 Å². The smallest absolute Gasteiger partial charge is 0.264 e. The van der Waals surface area contributed by atoms with Gasteiger partial charge < -0.3 is 19.2 Å². The number of rotatable bonds is 7. The molecule has 7 nitrogen and oxygen atoms in total. The highest BCUT2D eigenvalue weighted by atomic mass is 35.5. The largest absolute Gasteiger partial charge is 0.494 e. The molecule has 33 heavy (non-hydrogen) atoms. The van der Waals surface area contributed by atoms with Crippen molar-refractivity contribution in [1.29, 1.82) is 0 Å². The Balaban J connectivity index is 1.35. The van der Waals surface area contributed by atoms with Crippen LogP contribution < -0.4 is 20.1 Å². The van der Waals surface area contributed by atoms with E-state index in [1.54, 1.807) is 42.5 Å². The molecule has 0 atom stereocenters. The molecular weight excluding hydrogens is 462 g/mol. The van der Waals surface area contributed by atoms with Gasteiger partial charge in [-0.3, -0.25) is 10.1 Å². The topological polar surface area (TPSA) is 85.6 Å². The third-order valence-electron chi connectivity index (χ3n) is 4.49. The van der Waals surface area contributed by atoms with Gasteiger partial charge in [-0.05, 0) is 85.9 Å². The van der Waals surface area contributed by atoms with E-state index >= 15 is 0 Å². The van der Waals surface area contributed by atoms with Gasteiger partial charge >= 0.3 is 0 Å². The number of nitrogens with zero attached hydrogens (tertiary/aromatic N) is 1. The quantitative estimate of drug-likeness (QED) is 0.340. The van der Waals surface area contributed by atoms with Gasteiger partial charge in [0.25, 0.3) is 5.91 Å². The molecule has 168 valence electrons. The molecule has 0 bridgehead atoms. The van der Waals surface area contributed by atoms with E-state index in [0.717, 1.165) is 11.3 Å². The molecule has 0 aliphatic rings. The molecule has 4 rings (SSSR count). The van der Waals surface area contributed by atoms with E-state index in [-0.39, 0.29) is 17.6 Å². The zero-order chi connectivity index (χ0) is 23.2. The number of carbonyl (C=O) groups is 1. The number of hydrogen-bond donors (Lipinski definition) is 2. The number of amides is 1. The third-order valence-corrected chi connectivity index (χ3v) is 4.95. The summed E-state index contributed by atoms with van der Waals surface area (Å²) in [5.74, 6) is 1.44. The SMILES string of the molecule is CCOc1ccc(-c2nc3cc(NC(=S)NC(=O)COc4ccc(Cl)cc4)ccc3o2)cc1. The Bertz CT molecular complexity index is 1270. The average molecular weight is 482 g/mol. The predicted molar refractivity (Wildman–Crippen MR) is 132 cm³/mol. The number of benzene rings is 3. The summed E-state index contributed by atoms with van der Waals surface area (Å²) in [5, 5.41) is 6.29. The number of aromatic nitrogens is 1. The van der Waals surface area contributed by atoms with Crippen molar-refractivity contribution in [3.63, 3.8) is 0 Å². The lowest BCUT2D eigenvalue weighted by Crippen LogP contribution is -2.37. The number of thiocarbonyl (C=S) groups is 1. The fraction of sp³-hybridized carbons (Fsp3) is 0.125. The lowest BCUT2D eigenvalue weighted by Gasteiger charge is -2.10. The summed E-state index contributed by atoms with van der Waals surface area (Å²) in [4.78, 5) is 16.6. The molecule has 1 heterocycles. The normalized spacial score (nSPS) is 10.6. The van der Waals surface area contributed by atoms with Crippen molar-refractivity contribution in [2.24, 2.45) is 0 Å². The Morgan fingerprint density at radius 3 is 2.45 bits per heavy atom. The van der Waals surface area contributed by atoms with Crippen LogP contribution in [0.3, 0.4) is 0 Å². The minimum absolute atomic E-state index is 0.147. The lowest BCUT2D eigenvalue weighted by atomic mass is 10.2. The van der Waals surface area contributed by atoms with E-state index in [2.05, 4.69) is 15.6 Å². The molecule has 0 fully saturated rings. The van der Waals surface area contributed by atoms with Gasteiger partial charge in [0.1, 0.15) is 17.0 Å². The maximum Gasteiger partial charge on any atom is 0.264 e. The van der Waals surface area contributed by atoms with Crippen LogP contribution in [0.4, 0.5) is 5.69 Å². The van der Waals surface area contributed by atoms with Crippen LogP contribution in [0.15, 0.2) is 71.1 Å². The molecule has 0 saturated heterocycles. The van der Waals surface area contributed by atoms with Gasteiger partial charge in [-0.1, -0.05) is 11.6 Å². The van der Waals surface area contributed by atoms with Crippen LogP contribution in [-0.2, 0) is 4.79 Å². The molecule has 0 aliphatic heterocycles. The predicted octanol–water partition coefficient (Wildman–Crippen LogP) is 5.44. The van der Waals surface area contributed by atoms with E-state index in [9.17, 15) is 4.79 Å². The number of carbonyl (C=O) groups excluding carboxylic acids is 1. The summed E-state index contributed by atoms with van der Waals surface area (Å²) < 4.78 is 16.7. The van der Waals surface area contributed by atoms with E-state index in [1.807, 2.05) is 31.2 Å². The molecule has 9 heteroatoms. The highest BCUT2D eigenvalue weighted by molar-refractivity contribution is 7.80. The molecule has 0 spiro atoms. The van der Waals surface area contributed by atoms with Crippen molar-refractivity contribution in [3.8, 4) is 23.0 Å². The standard InChI is InChI=1S/C24H20ClN3O4S/c1-2-30-18-8-3-15(4-9-18)23-27-20-13-17(7-12-21(20)32-23)26-24(33)28-22(29)14-31-19-10-5-16(25)6-11-19/h3-13H,2,14H2,1H3,(H2,26,28,29,33). The van der Waals surface area contributed by atoms with Crippen LogP contribution in [0, 0.1) is 0 Å². The van der Waals surface area contributed by atoms with Crippen LogP contribution in [-0.4, -0.2) is 29.2 Å². The zero-order valence-electron chi connectivity index (χ0n) is 17.6. The summed E-state index contributed by atoms with van der Waals surface area (Å²) in [5.41, 5.74) is 2.80. The van der Waals surface area contributed by atoms with Crippen LogP contribution >= 0.6 is 23.8 Å². The summed E-state index contributed by atoms with van der Waals surface area (Å²) in [6.07, 6.45) is 0. The molecule has 0 unspecified atom stereocenters. The maximum absolute atomic E-state index is 12.1. The minimum atomic E-state index is -0.386. The number of anilines is 1. The number of nitrogens with one attached hydrogen (secondary N) is 2. The van der Waals surface area contributed by atoms with Crippen molar-refractivity contribution in [2.75, 3.05) is 18.5 Å². The first-order valence-electron chi connectivity index (χ1n) is 10.1. The van der Waals surface area contributed by atoms with Crippen molar-refractivity contribution >= 4 is 51.6 Å². The highest BCUT2D eigenvalue weighted by Crippen LogP contribution is 2.27. The second-order valence-corrected chi connectivity index (χ2v) is 7.75. The van der Waals surface area contributed by atoms with Crippen molar-refractivity contribution in [1.82, 2.24) is 10.3 Å². The van der Waals surface area contributed by atoms with Gasteiger partial charge in [-0.25, -0.2) is 4.98 Å². The molecule has 3 aromatic carbocycles. The number of oxazole rings is 1. The Kier molecular flexibility index (Phi) is 7.07. The van der Waals surface area contributed by atoms with Gasteiger partial charge in [-0.2, -0.15) is 0 Å². The van der Waals surface area contributed by atoms with Gasteiger partial charge in [0.2, 0.25) is 5.89 Å². The molecule has 0 aliphatic carbocycles.